The van der Waals surface area contributed by atoms with Gasteiger partial charge in [0.15, 0.2) is 0 Å². The number of alkyl halides is 1. The van der Waals surface area contributed by atoms with Crippen LogP contribution in [0.15, 0.2) is 24.3 Å². The van der Waals surface area contributed by atoms with E-state index in [1.807, 2.05) is 31.2 Å². The van der Waals surface area contributed by atoms with E-state index < -0.39 is 0 Å². The fourth-order valence-electron chi connectivity index (χ4n) is 3.28. The predicted molar refractivity (Wildman–Crippen MR) is 73.4 cm³/mol. The molecule has 5 heteroatoms. The zero-order valence-corrected chi connectivity index (χ0v) is 11.4. The van der Waals surface area contributed by atoms with Crippen molar-refractivity contribution in [1.82, 2.24) is 5.32 Å². The Bertz CT molecular complexity index is 546. The summed E-state index contributed by atoms with van der Waals surface area (Å²) in [5, 5.41) is 2.86. The monoisotopic (exact) mass is 278 g/mol. The lowest BCUT2D eigenvalue weighted by molar-refractivity contribution is -0.123. The summed E-state index contributed by atoms with van der Waals surface area (Å²) < 4.78 is 0. The lowest BCUT2D eigenvalue weighted by atomic mass is 9.78. The van der Waals surface area contributed by atoms with E-state index in [1.54, 1.807) is 4.90 Å². The van der Waals surface area contributed by atoms with E-state index in [1.165, 1.54) is 0 Å². The van der Waals surface area contributed by atoms with Crippen LogP contribution in [0, 0.1) is 5.92 Å². The second-order valence-corrected chi connectivity index (χ2v) is 5.35. The number of carbonyl (C=O) groups is 2. The third kappa shape index (κ3) is 1.74. The quantitative estimate of drug-likeness (QED) is 0.792. The topological polar surface area (TPSA) is 49.4 Å². The number of fused-ring (bicyclic) bond motifs is 2. The van der Waals surface area contributed by atoms with Gasteiger partial charge in [-0.1, -0.05) is 25.1 Å². The van der Waals surface area contributed by atoms with Crippen LogP contribution in [0.5, 0.6) is 0 Å². The average molecular weight is 279 g/mol. The maximum absolute atomic E-state index is 12.1. The Labute approximate surface area is 116 Å². The molecule has 0 bridgehead atoms. The highest BCUT2D eigenvalue weighted by molar-refractivity contribution is 6.29. The zero-order valence-electron chi connectivity index (χ0n) is 10.6. The number of benzene rings is 1. The summed E-state index contributed by atoms with van der Waals surface area (Å²) in [5.41, 5.74) is 1.93. The Kier molecular flexibility index (Phi) is 2.97. The molecule has 0 aromatic heterocycles. The summed E-state index contributed by atoms with van der Waals surface area (Å²) in [7, 11) is 0. The number of anilines is 1. The van der Waals surface area contributed by atoms with Crippen LogP contribution in [0.2, 0.25) is 0 Å². The van der Waals surface area contributed by atoms with Crippen molar-refractivity contribution in [3.63, 3.8) is 0 Å². The van der Waals surface area contributed by atoms with E-state index in [-0.39, 0.29) is 35.6 Å². The fraction of sp³-hybridized carbons (Fsp3) is 0.429. The number of nitrogens with zero attached hydrogens (tertiary/aromatic N) is 1. The largest absolute Gasteiger partial charge is 0.354 e. The van der Waals surface area contributed by atoms with Gasteiger partial charge in [0.1, 0.15) is 5.88 Å². The first-order valence-corrected chi connectivity index (χ1v) is 6.93. The SMILES string of the molecule is CC1c2ccccc2N(C(=O)CCl)C2CNC(=O)C12. The summed E-state index contributed by atoms with van der Waals surface area (Å²) in [6.07, 6.45) is 0. The second kappa shape index (κ2) is 4.53. The van der Waals surface area contributed by atoms with Gasteiger partial charge < -0.3 is 10.2 Å². The van der Waals surface area contributed by atoms with Crippen molar-refractivity contribution in [2.24, 2.45) is 5.92 Å². The Morgan fingerprint density at radius 3 is 2.95 bits per heavy atom. The predicted octanol–water partition coefficient (Wildman–Crippen LogP) is 1.49. The molecule has 0 radical (unpaired) electrons. The van der Waals surface area contributed by atoms with Crippen molar-refractivity contribution < 1.29 is 9.59 Å². The number of para-hydroxylation sites is 1. The smallest absolute Gasteiger partial charge is 0.242 e. The molecule has 2 amide bonds. The van der Waals surface area contributed by atoms with Crippen molar-refractivity contribution in [3.8, 4) is 0 Å². The summed E-state index contributed by atoms with van der Waals surface area (Å²) in [5.74, 6) is -0.253. The Hall–Kier alpha value is -1.55. The molecule has 1 aromatic rings. The van der Waals surface area contributed by atoms with Crippen LogP contribution in [-0.4, -0.2) is 30.3 Å². The van der Waals surface area contributed by atoms with E-state index >= 15 is 0 Å². The minimum Gasteiger partial charge on any atom is -0.354 e. The Balaban J connectivity index is 2.14. The molecule has 0 aliphatic carbocycles. The first-order valence-electron chi connectivity index (χ1n) is 6.39. The first kappa shape index (κ1) is 12.5. The molecule has 19 heavy (non-hydrogen) atoms. The van der Waals surface area contributed by atoms with E-state index in [9.17, 15) is 9.59 Å². The van der Waals surface area contributed by atoms with E-state index in [0.717, 1.165) is 11.3 Å². The molecule has 2 aliphatic heterocycles. The van der Waals surface area contributed by atoms with Gasteiger partial charge in [-0.25, -0.2) is 0 Å². The molecule has 1 saturated heterocycles. The zero-order chi connectivity index (χ0) is 13.6. The minimum atomic E-state index is -0.179. The van der Waals surface area contributed by atoms with Gasteiger partial charge in [-0.3, -0.25) is 9.59 Å². The van der Waals surface area contributed by atoms with E-state index in [0.29, 0.717) is 6.54 Å². The number of nitrogens with one attached hydrogen (secondary N) is 1. The lowest BCUT2D eigenvalue weighted by Gasteiger charge is -2.40. The number of amides is 2. The van der Waals surface area contributed by atoms with Crippen LogP contribution in [0.1, 0.15) is 18.4 Å². The number of hydrogen-bond acceptors (Lipinski definition) is 2. The number of carbonyl (C=O) groups excluding carboxylic acids is 2. The molecule has 0 saturated carbocycles. The molecule has 1 N–H and O–H groups in total. The van der Waals surface area contributed by atoms with Gasteiger partial charge in [0.2, 0.25) is 11.8 Å². The van der Waals surface area contributed by atoms with E-state index in [4.69, 9.17) is 11.6 Å². The Morgan fingerprint density at radius 1 is 1.47 bits per heavy atom. The molecule has 3 rings (SSSR count). The summed E-state index contributed by atoms with van der Waals surface area (Å²) in [4.78, 5) is 25.8. The van der Waals surface area contributed by atoms with Gasteiger partial charge in [-0.2, -0.15) is 0 Å². The maximum atomic E-state index is 12.1. The van der Waals surface area contributed by atoms with Crippen LogP contribution in [0.3, 0.4) is 0 Å². The van der Waals surface area contributed by atoms with Gasteiger partial charge in [-0.05, 0) is 17.5 Å². The van der Waals surface area contributed by atoms with Crippen molar-refractivity contribution in [2.75, 3.05) is 17.3 Å². The van der Waals surface area contributed by atoms with Gasteiger partial charge >= 0.3 is 0 Å². The van der Waals surface area contributed by atoms with Crippen LogP contribution in [-0.2, 0) is 9.59 Å². The highest BCUT2D eigenvalue weighted by Gasteiger charge is 2.48. The molecule has 4 nitrogen and oxygen atoms in total. The normalized spacial score (nSPS) is 28.6. The molecule has 2 aliphatic rings. The van der Waals surface area contributed by atoms with Gasteiger partial charge in [-0.15, -0.1) is 11.6 Å². The van der Waals surface area contributed by atoms with Crippen LogP contribution in [0.25, 0.3) is 0 Å². The molecule has 0 spiro atoms. The molecule has 3 atom stereocenters. The second-order valence-electron chi connectivity index (χ2n) is 5.08. The molecular formula is C14H15ClN2O2. The van der Waals surface area contributed by atoms with Crippen LogP contribution >= 0.6 is 11.6 Å². The van der Waals surface area contributed by atoms with E-state index in [2.05, 4.69) is 5.32 Å². The molecule has 3 unspecified atom stereocenters. The summed E-state index contributed by atoms with van der Waals surface area (Å²) >= 11 is 5.72. The number of rotatable bonds is 1. The highest BCUT2D eigenvalue weighted by Crippen LogP contribution is 2.43. The minimum absolute atomic E-state index is 0.0272. The molecule has 1 fully saturated rings. The molecule has 1 aromatic carbocycles. The van der Waals surface area contributed by atoms with Gasteiger partial charge in [0.05, 0.1) is 12.0 Å². The molecular weight excluding hydrogens is 264 g/mol. The fourth-order valence-corrected chi connectivity index (χ4v) is 3.41. The van der Waals surface area contributed by atoms with Crippen molar-refractivity contribution in [3.05, 3.63) is 29.8 Å². The number of halogens is 1. The lowest BCUT2D eigenvalue weighted by Crippen LogP contribution is -2.50. The summed E-state index contributed by atoms with van der Waals surface area (Å²) in [6.45, 7) is 2.55. The van der Waals surface area contributed by atoms with Crippen molar-refractivity contribution in [1.29, 1.82) is 0 Å². The maximum Gasteiger partial charge on any atom is 0.242 e. The van der Waals surface area contributed by atoms with Crippen LogP contribution < -0.4 is 10.2 Å². The van der Waals surface area contributed by atoms with Crippen molar-refractivity contribution in [2.45, 2.75) is 18.9 Å². The standard InChI is InChI=1S/C14H15ClN2O2/c1-8-9-4-2-3-5-10(9)17(12(18)6-15)11-7-16-14(19)13(8)11/h2-5,8,11,13H,6-7H2,1H3,(H,16,19). The summed E-state index contributed by atoms with van der Waals surface area (Å²) in [6, 6.07) is 7.63. The average Bonchev–Trinajstić information content (AvgIpc) is 2.81. The van der Waals surface area contributed by atoms with Crippen molar-refractivity contribution >= 4 is 29.1 Å². The highest BCUT2D eigenvalue weighted by atomic mass is 35.5. The van der Waals surface area contributed by atoms with Gasteiger partial charge in [0, 0.05) is 12.2 Å². The number of hydrogen-bond donors (Lipinski definition) is 1. The third-order valence-electron chi connectivity index (χ3n) is 4.14. The van der Waals surface area contributed by atoms with Crippen LogP contribution in [0.4, 0.5) is 5.69 Å². The molecule has 100 valence electrons. The van der Waals surface area contributed by atoms with Gasteiger partial charge in [0.25, 0.3) is 0 Å². The first-order chi connectivity index (χ1) is 9.15. The Morgan fingerprint density at radius 2 is 2.21 bits per heavy atom. The third-order valence-corrected chi connectivity index (χ3v) is 4.37. The molecule has 2 heterocycles.